The van der Waals surface area contributed by atoms with E-state index in [-0.39, 0.29) is 5.97 Å². The van der Waals surface area contributed by atoms with Crippen LogP contribution in [-0.4, -0.2) is 36.7 Å². The Morgan fingerprint density at radius 1 is 1.45 bits per heavy atom. The molecular weight excluding hydrogens is 321 g/mol. The second kappa shape index (κ2) is 9.34. The molecule has 20 heavy (non-hydrogen) atoms. The Kier molecular flexibility index (Phi) is 8.14. The molecule has 1 atom stereocenters. The second-order valence-electron chi connectivity index (χ2n) is 3.86. The molecule has 1 aromatic carbocycles. The molecule has 7 heteroatoms. The van der Waals surface area contributed by atoms with Gasteiger partial charge in [0.1, 0.15) is 11.8 Å². The molecule has 112 valence electrons. The van der Waals surface area contributed by atoms with Crippen LogP contribution in [0.4, 0.5) is 0 Å². The minimum Gasteiger partial charge on any atom is -0.491 e. The van der Waals surface area contributed by atoms with E-state index < -0.39 is 6.04 Å². The third-order valence-corrected chi connectivity index (χ3v) is 3.85. The van der Waals surface area contributed by atoms with Crippen LogP contribution in [-0.2, 0) is 9.53 Å². The molecule has 1 rings (SSSR count). The minimum absolute atomic E-state index is 0.343. The van der Waals surface area contributed by atoms with Crippen molar-refractivity contribution in [2.45, 2.75) is 13.0 Å². The molecule has 0 amide bonds. The Morgan fingerprint density at radius 2 is 2.20 bits per heavy atom. The van der Waals surface area contributed by atoms with Gasteiger partial charge in [0.15, 0.2) is 0 Å². The van der Waals surface area contributed by atoms with Crippen molar-refractivity contribution in [3.63, 3.8) is 0 Å². The standard InChI is InChI=1S/C13H17Cl2NO3S/c1-2-18-13(17)11(16)8-20-6-5-19-12-4-3-9(14)7-10(12)15/h3-4,7,11H,2,5-6,8,16H2,1H3. The fraction of sp³-hybridized carbons (Fsp3) is 0.462. The molecule has 0 aliphatic rings. The van der Waals surface area contributed by atoms with Crippen molar-refractivity contribution in [2.24, 2.45) is 5.73 Å². The predicted molar refractivity (Wildman–Crippen MR) is 83.9 cm³/mol. The van der Waals surface area contributed by atoms with Gasteiger partial charge in [-0.3, -0.25) is 4.79 Å². The topological polar surface area (TPSA) is 61.5 Å². The molecular formula is C13H17Cl2NO3S. The highest BCUT2D eigenvalue weighted by molar-refractivity contribution is 7.99. The Morgan fingerprint density at radius 3 is 2.85 bits per heavy atom. The van der Waals surface area contributed by atoms with Crippen LogP contribution in [0.2, 0.25) is 10.0 Å². The third kappa shape index (κ3) is 6.22. The number of carbonyl (C=O) groups is 1. The number of nitrogens with two attached hydrogens (primary N) is 1. The summed E-state index contributed by atoms with van der Waals surface area (Å²) in [7, 11) is 0. The average Bonchev–Trinajstić information content (AvgIpc) is 2.40. The lowest BCUT2D eigenvalue weighted by Gasteiger charge is -2.11. The first-order valence-corrected chi connectivity index (χ1v) is 8.03. The second-order valence-corrected chi connectivity index (χ2v) is 5.85. The van der Waals surface area contributed by atoms with Crippen LogP contribution in [0.5, 0.6) is 5.75 Å². The monoisotopic (exact) mass is 337 g/mol. The first kappa shape index (κ1) is 17.4. The van der Waals surface area contributed by atoms with Crippen LogP contribution in [0, 0.1) is 0 Å². The minimum atomic E-state index is -0.598. The molecule has 0 aliphatic heterocycles. The van der Waals surface area contributed by atoms with E-state index in [2.05, 4.69) is 0 Å². The van der Waals surface area contributed by atoms with Gasteiger partial charge in [0.2, 0.25) is 0 Å². The maximum atomic E-state index is 11.3. The summed E-state index contributed by atoms with van der Waals surface area (Å²) in [4.78, 5) is 11.3. The van der Waals surface area contributed by atoms with E-state index in [4.69, 9.17) is 38.4 Å². The smallest absolute Gasteiger partial charge is 0.323 e. The van der Waals surface area contributed by atoms with Crippen LogP contribution in [0.15, 0.2) is 18.2 Å². The van der Waals surface area contributed by atoms with Crippen molar-refractivity contribution < 1.29 is 14.3 Å². The van der Waals surface area contributed by atoms with Crippen molar-refractivity contribution in [2.75, 3.05) is 24.7 Å². The molecule has 0 aliphatic carbocycles. The molecule has 0 fully saturated rings. The molecule has 2 N–H and O–H groups in total. The number of esters is 1. The summed E-state index contributed by atoms with van der Waals surface area (Å²) >= 11 is 13.3. The maximum absolute atomic E-state index is 11.3. The van der Waals surface area contributed by atoms with Crippen molar-refractivity contribution in [1.82, 2.24) is 0 Å². The zero-order valence-electron chi connectivity index (χ0n) is 11.1. The van der Waals surface area contributed by atoms with Gasteiger partial charge in [-0.1, -0.05) is 23.2 Å². The van der Waals surface area contributed by atoms with Crippen LogP contribution in [0.3, 0.4) is 0 Å². The van der Waals surface area contributed by atoms with Crippen molar-refractivity contribution in [3.8, 4) is 5.75 Å². The molecule has 0 radical (unpaired) electrons. The molecule has 0 spiro atoms. The molecule has 0 saturated carbocycles. The highest BCUT2D eigenvalue weighted by Crippen LogP contribution is 2.27. The lowest BCUT2D eigenvalue weighted by atomic mass is 10.3. The van der Waals surface area contributed by atoms with Crippen LogP contribution in [0.25, 0.3) is 0 Å². The van der Waals surface area contributed by atoms with E-state index in [0.717, 1.165) is 0 Å². The number of halogens is 2. The normalized spacial score (nSPS) is 12.0. The van der Waals surface area contributed by atoms with Gasteiger partial charge in [0.05, 0.1) is 18.2 Å². The van der Waals surface area contributed by atoms with Gasteiger partial charge < -0.3 is 15.2 Å². The van der Waals surface area contributed by atoms with Gasteiger partial charge in [-0.15, -0.1) is 0 Å². The first-order valence-electron chi connectivity index (χ1n) is 6.12. The van der Waals surface area contributed by atoms with Gasteiger partial charge in [-0.2, -0.15) is 11.8 Å². The van der Waals surface area contributed by atoms with Gasteiger partial charge in [-0.05, 0) is 25.1 Å². The van der Waals surface area contributed by atoms with Crippen LogP contribution >= 0.6 is 35.0 Å². The Labute approximate surface area is 132 Å². The number of benzene rings is 1. The largest absolute Gasteiger partial charge is 0.491 e. The molecule has 1 unspecified atom stereocenters. The SMILES string of the molecule is CCOC(=O)C(N)CSCCOc1ccc(Cl)cc1Cl. The summed E-state index contributed by atoms with van der Waals surface area (Å²) in [6, 6.07) is 4.47. The number of ether oxygens (including phenoxy) is 2. The number of carbonyl (C=O) groups excluding carboxylic acids is 1. The zero-order chi connectivity index (χ0) is 15.0. The molecule has 0 heterocycles. The van der Waals surface area contributed by atoms with Gasteiger partial charge in [0, 0.05) is 16.5 Å². The Balaban J connectivity index is 2.20. The fourth-order valence-corrected chi connectivity index (χ4v) is 2.55. The Bertz CT molecular complexity index is 446. The highest BCUT2D eigenvalue weighted by atomic mass is 35.5. The summed E-state index contributed by atoms with van der Waals surface area (Å²) in [6.45, 7) is 2.57. The van der Waals surface area contributed by atoms with E-state index in [9.17, 15) is 4.79 Å². The maximum Gasteiger partial charge on any atom is 0.323 e. The van der Waals surface area contributed by atoms with E-state index in [0.29, 0.717) is 40.5 Å². The van der Waals surface area contributed by atoms with Gasteiger partial charge in [-0.25, -0.2) is 0 Å². The van der Waals surface area contributed by atoms with E-state index in [1.165, 1.54) is 11.8 Å². The summed E-state index contributed by atoms with van der Waals surface area (Å²) in [6.07, 6.45) is 0. The van der Waals surface area contributed by atoms with Gasteiger partial charge in [0.25, 0.3) is 0 Å². The Hall–Kier alpha value is -0.620. The predicted octanol–water partition coefficient (Wildman–Crippen LogP) is 3.00. The van der Waals surface area contributed by atoms with Gasteiger partial charge >= 0.3 is 5.97 Å². The molecule has 0 saturated heterocycles. The molecule has 1 aromatic rings. The first-order chi connectivity index (χ1) is 9.54. The van der Waals surface area contributed by atoms with Crippen LogP contribution in [0.1, 0.15) is 6.92 Å². The van der Waals surface area contributed by atoms with Crippen molar-refractivity contribution in [1.29, 1.82) is 0 Å². The fourth-order valence-electron chi connectivity index (χ4n) is 1.33. The van der Waals surface area contributed by atoms with Crippen molar-refractivity contribution >= 4 is 40.9 Å². The molecule has 0 aromatic heterocycles. The number of rotatable bonds is 8. The molecule has 0 bridgehead atoms. The lowest BCUT2D eigenvalue weighted by Crippen LogP contribution is -2.34. The molecule has 4 nitrogen and oxygen atoms in total. The summed E-state index contributed by atoms with van der Waals surface area (Å²) in [5.41, 5.74) is 5.67. The highest BCUT2D eigenvalue weighted by Gasteiger charge is 2.13. The summed E-state index contributed by atoms with van der Waals surface area (Å²) in [5.74, 6) is 1.41. The quantitative estimate of drug-likeness (QED) is 0.583. The number of thioether (sulfide) groups is 1. The van der Waals surface area contributed by atoms with E-state index >= 15 is 0 Å². The lowest BCUT2D eigenvalue weighted by molar-refractivity contribution is -0.144. The van der Waals surface area contributed by atoms with Crippen molar-refractivity contribution in [3.05, 3.63) is 28.2 Å². The summed E-state index contributed by atoms with van der Waals surface area (Å²) in [5, 5.41) is 1.04. The van der Waals surface area contributed by atoms with E-state index in [1.807, 2.05) is 0 Å². The van der Waals surface area contributed by atoms with E-state index in [1.54, 1.807) is 25.1 Å². The number of hydrogen-bond acceptors (Lipinski definition) is 5. The third-order valence-electron chi connectivity index (χ3n) is 2.27. The average molecular weight is 338 g/mol. The summed E-state index contributed by atoms with van der Waals surface area (Å²) < 4.78 is 10.3. The number of hydrogen-bond donors (Lipinski definition) is 1. The zero-order valence-corrected chi connectivity index (χ0v) is 13.4. The van der Waals surface area contributed by atoms with Crippen LogP contribution < -0.4 is 10.5 Å².